The molecule has 0 unspecified atom stereocenters. The molecule has 0 aliphatic rings. The molecule has 0 spiro atoms. The predicted molar refractivity (Wildman–Crippen MR) is 106 cm³/mol. The van der Waals surface area contributed by atoms with E-state index in [9.17, 15) is 0 Å². The van der Waals surface area contributed by atoms with Crippen LogP contribution in [0.15, 0.2) is 83.6 Å². The van der Waals surface area contributed by atoms with E-state index in [1.165, 1.54) is 5.56 Å². The summed E-state index contributed by atoms with van der Waals surface area (Å²) in [5.74, 6) is 1.69. The van der Waals surface area contributed by atoms with Crippen molar-refractivity contribution in [3.63, 3.8) is 0 Å². The van der Waals surface area contributed by atoms with Gasteiger partial charge in [0.1, 0.15) is 11.3 Å². The smallest absolute Gasteiger partial charge is 0.272 e. The first kappa shape index (κ1) is 15.7. The second-order valence-electron chi connectivity index (χ2n) is 6.58. The predicted octanol–water partition coefficient (Wildman–Crippen LogP) is 4.93. The summed E-state index contributed by atoms with van der Waals surface area (Å²) < 4.78 is 13.4. The Balaban J connectivity index is 1.78. The number of pyridine rings is 1. The Kier molecular flexibility index (Phi) is 3.68. The maximum atomic E-state index is 5.78. The number of benzene rings is 2. The first-order valence-corrected chi connectivity index (χ1v) is 8.93. The fraction of sp³-hybridized carbons (Fsp3) is 0.0870. The van der Waals surface area contributed by atoms with E-state index in [4.69, 9.17) is 9.15 Å². The highest BCUT2D eigenvalue weighted by Crippen LogP contribution is 2.33. The molecule has 2 aromatic carbocycles. The summed E-state index contributed by atoms with van der Waals surface area (Å²) >= 11 is 0. The van der Waals surface area contributed by atoms with Gasteiger partial charge >= 0.3 is 0 Å². The van der Waals surface area contributed by atoms with Crippen LogP contribution in [0.25, 0.3) is 33.3 Å². The number of furan rings is 1. The Morgan fingerprint density at radius 1 is 0.963 bits per heavy atom. The zero-order chi connectivity index (χ0) is 18.2. The minimum absolute atomic E-state index is 0.769. The van der Waals surface area contributed by atoms with Crippen LogP contribution >= 0.6 is 0 Å². The van der Waals surface area contributed by atoms with Crippen LogP contribution in [0.4, 0.5) is 0 Å². The van der Waals surface area contributed by atoms with Crippen molar-refractivity contribution < 1.29 is 13.7 Å². The summed E-state index contributed by atoms with van der Waals surface area (Å²) in [6.07, 6.45) is 3.84. The van der Waals surface area contributed by atoms with Crippen LogP contribution in [-0.2, 0) is 6.54 Å². The summed E-state index contributed by atoms with van der Waals surface area (Å²) in [4.78, 5) is 3.58. The van der Waals surface area contributed by atoms with Crippen molar-refractivity contribution in [1.82, 2.24) is 4.98 Å². The van der Waals surface area contributed by atoms with E-state index < -0.39 is 0 Å². The number of fused-ring (bicyclic) bond motifs is 3. The lowest BCUT2D eigenvalue weighted by Gasteiger charge is -2.04. The first-order valence-electron chi connectivity index (χ1n) is 8.93. The average molecular weight is 355 g/mol. The molecule has 0 aliphatic heterocycles. The van der Waals surface area contributed by atoms with Gasteiger partial charge in [-0.25, -0.2) is 0 Å². The molecule has 0 atom stereocenters. The highest BCUT2D eigenvalue weighted by molar-refractivity contribution is 6.10. The van der Waals surface area contributed by atoms with E-state index in [0.717, 1.165) is 45.6 Å². The van der Waals surface area contributed by atoms with E-state index in [-0.39, 0.29) is 0 Å². The monoisotopic (exact) mass is 355 g/mol. The highest BCUT2D eigenvalue weighted by Gasteiger charge is 2.23. The number of aromatic amines is 1. The van der Waals surface area contributed by atoms with E-state index in [0.29, 0.717) is 0 Å². The fourth-order valence-corrected chi connectivity index (χ4v) is 3.65. The van der Waals surface area contributed by atoms with Gasteiger partial charge in [-0.1, -0.05) is 30.3 Å². The number of hydrogen-bond acceptors (Lipinski definition) is 2. The number of aromatic nitrogens is 2. The highest BCUT2D eigenvalue weighted by atomic mass is 16.5. The molecule has 0 fully saturated rings. The van der Waals surface area contributed by atoms with Crippen molar-refractivity contribution in [1.29, 1.82) is 0 Å². The molecule has 5 aromatic rings. The minimum Gasteiger partial charge on any atom is -0.497 e. The van der Waals surface area contributed by atoms with Crippen molar-refractivity contribution in [2.24, 2.45) is 0 Å². The zero-order valence-corrected chi connectivity index (χ0v) is 15.0. The van der Waals surface area contributed by atoms with Crippen LogP contribution in [0.3, 0.4) is 0 Å². The number of nitrogens with one attached hydrogen (secondary N) is 1. The maximum absolute atomic E-state index is 5.78. The van der Waals surface area contributed by atoms with Gasteiger partial charge in [-0.05, 0) is 30.3 Å². The normalized spacial score (nSPS) is 11.3. The molecule has 4 heteroatoms. The third-order valence-corrected chi connectivity index (χ3v) is 4.94. The second-order valence-corrected chi connectivity index (χ2v) is 6.58. The summed E-state index contributed by atoms with van der Waals surface area (Å²) in [7, 11) is 1.69. The third kappa shape index (κ3) is 2.66. The van der Waals surface area contributed by atoms with Gasteiger partial charge in [0.05, 0.1) is 13.4 Å². The van der Waals surface area contributed by atoms with Crippen LogP contribution in [-0.4, -0.2) is 12.1 Å². The van der Waals surface area contributed by atoms with Gasteiger partial charge in [-0.15, -0.1) is 0 Å². The number of ether oxygens (including phenoxy) is 1. The van der Waals surface area contributed by atoms with E-state index in [2.05, 4.69) is 58.2 Å². The Morgan fingerprint density at radius 2 is 1.85 bits per heavy atom. The molecule has 3 aromatic heterocycles. The summed E-state index contributed by atoms with van der Waals surface area (Å²) in [5.41, 5.74) is 4.42. The summed E-state index contributed by atoms with van der Waals surface area (Å²) in [6.45, 7) is 0.769. The minimum atomic E-state index is 0.769. The van der Waals surface area contributed by atoms with E-state index in [1.807, 2.05) is 24.3 Å². The molecule has 3 heterocycles. The van der Waals surface area contributed by atoms with Crippen molar-refractivity contribution in [3.05, 3.63) is 84.8 Å². The molecule has 0 radical (unpaired) electrons. The van der Waals surface area contributed by atoms with Gasteiger partial charge in [-0.2, -0.15) is 4.57 Å². The van der Waals surface area contributed by atoms with E-state index >= 15 is 0 Å². The molecular weight excluding hydrogens is 336 g/mol. The van der Waals surface area contributed by atoms with Gasteiger partial charge in [-0.3, -0.25) is 0 Å². The quantitative estimate of drug-likeness (QED) is 0.465. The Hall–Kier alpha value is -3.53. The lowest BCUT2D eigenvalue weighted by atomic mass is 10.1. The van der Waals surface area contributed by atoms with Gasteiger partial charge in [0.2, 0.25) is 0 Å². The maximum Gasteiger partial charge on any atom is 0.272 e. The van der Waals surface area contributed by atoms with Crippen LogP contribution in [0.5, 0.6) is 5.75 Å². The largest absolute Gasteiger partial charge is 0.497 e. The molecule has 0 aliphatic carbocycles. The molecule has 5 rings (SSSR count). The van der Waals surface area contributed by atoms with Crippen LogP contribution < -0.4 is 9.30 Å². The van der Waals surface area contributed by atoms with Crippen molar-refractivity contribution in [3.8, 4) is 17.2 Å². The van der Waals surface area contributed by atoms with Crippen molar-refractivity contribution >= 4 is 21.8 Å². The number of hydrogen-bond donors (Lipinski definition) is 1. The Labute approximate surface area is 156 Å². The van der Waals surface area contributed by atoms with Crippen molar-refractivity contribution in [2.45, 2.75) is 6.54 Å². The van der Waals surface area contributed by atoms with Gasteiger partial charge in [0.25, 0.3) is 5.69 Å². The number of nitrogens with zero attached hydrogens (tertiary/aromatic N) is 1. The van der Waals surface area contributed by atoms with Crippen molar-refractivity contribution in [2.75, 3.05) is 7.11 Å². The molecule has 4 nitrogen and oxygen atoms in total. The SMILES string of the molecule is COc1ccc2[nH]c3c(-c4ccco4)[n+](Cc4ccccc4)ccc3c2c1. The topological polar surface area (TPSA) is 42.0 Å². The van der Waals surface area contributed by atoms with Crippen LogP contribution in [0.2, 0.25) is 0 Å². The van der Waals surface area contributed by atoms with Crippen LogP contribution in [0, 0.1) is 0 Å². The standard InChI is InChI=1S/C23H18N2O2/c1-26-17-9-10-20-19(14-17)18-11-12-25(15-16-6-3-2-4-7-16)23(22(18)24-20)21-8-5-13-27-21/h2-14H,15H2,1H3/p+1. The lowest BCUT2D eigenvalue weighted by molar-refractivity contribution is -0.676. The number of rotatable bonds is 4. The summed E-state index contributed by atoms with van der Waals surface area (Å²) in [6, 6.07) is 22.6. The van der Waals surface area contributed by atoms with Gasteiger partial charge in [0.15, 0.2) is 18.5 Å². The fourth-order valence-electron chi connectivity index (χ4n) is 3.65. The number of methoxy groups -OCH3 is 1. The molecule has 0 bridgehead atoms. The number of H-pyrrole nitrogens is 1. The first-order chi connectivity index (χ1) is 13.3. The van der Waals surface area contributed by atoms with Gasteiger partial charge < -0.3 is 14.1 Å². The Bertz CT molecular complexity index is 1220. The molecule has 1 N–H and O–H groups in total. The second kappa shape index (κ2) is 6.32. The molecular formula is C23H19N2O2+. The van der Waals surface area contributed by atoms with Crippen LogP contribution in [0.1, 0.15) is 5.56 Å². The van der Waals surface area contributed by atoms with Gasteiger partial charge in [0, 0.05) is 27.9 Å². The molecule has 0 amide bonds. The average Bonchev–Trinajstić information content (AvgIpc) is 3.36. The molecule has 0 saturated heterocycles. The molecule has 132 valence electrons. The zero-order valence-electron chi connectivity index (χ0n) is 15.0. The summed E-state index contributed by atoms with van der Waals surface area (Å²) in [5, 5.41) is 2.30. The lowest BCUT2D eigenvalue weighted by Crippen LogP contribution is -2.36. The van der Waals surface area contributed by atoms with E-state index in [1.54, 1.807) is 13.4 Å². The molecule has 27 heavy (non-hydrogen) atoms. The third-order valence-electron chi connectivity index (χ3n) is 4.94. The molecule has 0 saturated carbocycles. The Morgan fingerprint density at radius 3 is 2.63 bits per heavy atom.